The molecule has 19 heavy (non-hydrogen) atoms. The van der Waals surface area contributed by atoms with Crippen molar-refractivity contribution >= 4 is 24.3 Å². The average molecular weight is 283 g/mol. The third kappa shape index (κ3) is 2.79. The third-order valence-electron chi connectivity index (χ3n) is 3.78. The fourth-order valence-corrected chi connectivity index (χ4v) is 2.06. The van der Waals surface area contributed by atoms with Crippen LogP contribution in [0.2, 0.25) is 5.02 Å². The molecule has 0 aromatic carbocycles. The van der Waals surface area contributed by atoms with Crippen LogP contribution in [0.3, 0.4) is 0 Å². The lowest BCUT2D eigenvalue weighted by Crippen LogP contribution is -2.41. The largest absolute Gasteiger partial charge is 0.514 e. The second-order valence-corrected chi connectivity index (χ2v) is 6.19. The maximum absolute atomic E-state index is 6.11. The van der Waals surface area contributed by atoms with Crippen LogP contribution in [0.15, 0.2) is 12.1 Å². The van der Waals surface area contributed by atoms with E-state index in [1.54, 1.807) is 0 Å². The first kappa shape index (κ1) is 14.8. The maximum atomic E-state index is 6.11. The number of nitrogens with one attached hydrogen (secondary N) is 1. The minimum Gasteiger partial charge on any atom is -0.398 e. The zero-order valence-electron chi connectivity index (χ0n) is 12.1. The predicted octanol–water partition coefficient (Wildman–Crippen LogP) is 1.75. The highest BCUT2D eigenvalue weighted by Gasteiger charge is 2.52. The van der Waals surface area contributed by atoms with E-state index in [0.29, 0.717) is 11.6 Å². The molecular formula is C13H20BClN2O2. The number of pyridine rings is 1. The number of hydrogen-bond acceptors (Lipinski definition) is 4. The van der Waals surface area contributed by atoms with Gasteiger partial charge in [0.1, 0.15) is 0 Å². The Bertz CT molecular complexity index is 464. The number of halogens is 1. The van der Waals surface area contributed by atoms with Crippen molar-refractivity contribution in [2.75, 3.05) is 7.05 Å². The standard InChI is InChI=1S/C13H20BClN2O2/c1-12(2)13(3,4)19-14(18-12)11-7-6-9(15)10(17-11)8-16-5/h6-7,16H,8H2,1-5H3. The SMILES string of the molecule is CNCc1nc(B2OC(C)(C)C(C)(C)O2)ccc1Cl. The molecule has 0 amide bonds. The molecule has 2 rings (SSSR count). The van der Waals surface area contributed by atoms with Gasteiger partial charge in [-0.15, -0.1) is 0 Å². The van der Waals surface area contributed by atoms with Gasteiger partial charge in [-0.05, 0) is 46.9 Å². The molecular weight excluding hydrogens is 262 g/mol. The summed E-state index contributed by atoms with van der Waals surface area (Å²) in [6.07, 6.45) is 0. The molecule has 0 spiro atoms. The van der Waals surface area contributed by atoms with Crippen LogP contribution in [-0.2, 0) is 15.9 Å². The third-order valence-corrected chi connectivity index (χ3v) is 4.12. The van der Waals surface area contributed by atoms with Crippen LogP contribution in [-0.4, -0.2) is 30.4 Å². The Morgan fingerprint density at radius 3 is 2.32 bits per heavy atom. The lowest BCUT2D eigenvalue weighted by Gasteiger charge is -2.32. The topological polar surface area (TPSA) is 43.4 Å². The summed E-state index contributed by atoms with van der Waals surface area (Å²) in [5, 5.41) is 3.69. The zero-order chi connectivity index (χ0) is 14.3. The molecule has 1 aliphatic rings. The van der Waals surface area contributed by atoms with Gasteiger partial charge in [0.15, 0.2) is 0 Å². The van der Waals surface area contributed by atoms with Gasteiger partial charge in [-0.2, -0.15) is 0 Å². The highest BCUT2D eigenvalue weighted by molar-refractivity contribution is 6.61. The monoisotopic (exact) mass is 282 g/mol. The van der Waals surface area contributed by atoms with E-state index >= 15 is 0 Å². The Labute approximate surface area is 120 Å². The highest BCUT2D eigenvalue weighted by atomic mass is 35.5. The van der Waals surface area contributed by atoms with E-state index in [-0.39, 0.29) is 11.2 Å². The smallest absolute Gasteiger partial charge is 0.398 e. The maximum Gasteiger partial charge on any atom is 0.514 e. The summed E-state index contributed by atoms with van der Waals surface area (Å²) in [6.45, 7) is 8.72. The summed E-state index contributed by atoms with van der Waals surface area (Å²) in [7, 11) is 1.41. The summed E-state index contributed by atoms with van der Waals surface area (Å²) < 4.78 is 11.9. The van der Waals surface area contributed by atoms with Crippen molar-refractivity contribution in [2.45, 2.75) is 45.4 Å². The molecule has 6 heteroatoms. The van der Waals surface area contributed by atoms with Gasteiger partial charge in [-0.1, -0.05) is 11.6 Å². The summed E-state index contributed by atoms with van der Waals surface area (Å²) in [6, 6.07) is 3.69. The first-order chi connectivity index (χ1) is 8.77. The fraction of sp³-hybridized carbons (Fsp3) is 0.615. The van der Waals surface area contributed by atoms with Crippen molar-refractivity contribution in [3.05, 3.63) is 22.8 Å². The minimum atomic E-state index is -0.446. The molecule has 4 nitrogen and oxygen atoms in total. The molecule has 2 heterocycles. The normalized spacial score (nSPS) is 20.8. The van der Waals surface area contributed by atoms with Crippen molar-refractivity contribution in [3.8, 4) is 0 Å². The van der Waals surface area contributed by atoms with E-state index in [1.807, 2.05) is 46.9 Å². The van der Waals surface area contributed by atoms with Gasteiger partial charge in [0.25, 0.3) is 0 Å². The molecule has 0 atom stereocenters. The van der Waals surface area contributed by atoms with Gasteiger partial charge < -0.3 is 14.6 Å². The van der Waals surface area contributed by atoms with Crippen molar-refractivity contribution in [2.24, 2.45) is 0 Å². The van der Waals surface area contributed by atoms with Crippen molar-refractivity contribution in [3.63, 3.8) is 0 Å². The van der Waals surface area contributed by atoms with Crippen LogP contribution in [0.5, 0.6) is 0 Å². The number of rotatable bonds is 3. The van der Waals surface area contributed by atoms with Gasteiger partial charge in [0.05, 0.1) is 27.5 Å². The Morgan fingerprint density at radius 2 is 1.79 bits per heavy atom. The van der Waals surface area contributed by atoms with Gasteiger partial charge in [-0.25, -0.2) is 0 Å². The van der Waals surface area contributed by atoms with E-state index in [0.717, 1.165) is 11.3 Å². The first-order valence-corrected chi connectivity index (χ1v) is 6.80. The molecule has 1 fully saturated rings. The predicted molar refractivity (Wildman–Crippen MR) is 77.7 cm³/mol. The van der Waals surface area contributed by atoms with E-state index < -0.39 is 7.12 Å². The molecule has 0 saturated carbocycles. The lowest BCUT2D eigenvalue weighted by atomic mass is 9.84. The minimum absolute atomic E-state index is 0.359. The van der Waals surface area contributed by atoms with E-state index in [2.05, 4.69) is 10.3 Å². The van der Waals surface area contributed by atoms with Gasteiger partial charge in [0, 0.05) is 6.54 Å². The quantitative estimate of drug-likeness (QED) is 0.858. The number of aromatic nitrogens is 1. The second-order valence-electron chi connectivity index (χ2n) is 5.78. The second kappa shape index (κ2) is 5.06. The molecule has 1 aromatic heterocycles. The number of hydrogen-bond donors (Lipinski definition) is 1. The zero-order valence-corrected chi connectivity index (χ0v) is 12.8. The van der Waals surface area contributed by atoms with Gasteiger partial charge >= 0.3 is 7.12 Å². The first-order valence-electron chi connectivity index (χ1n) is 6.42. The lowest BCUT2D eigenvalue weighted by molar-refractivity contribution is 0.00578. The summed E-state index contributed by atoms with van der Waals surface area (Å²) in [5.74, 6) is 0. The molecule has 0 bridgehead atoms. The Morgan fingerprint density at radius 1 is 1.21 bits per heavy atom. The van der Waals surface area contributed by atoms with Crippen LogP contribution in [0, 0.1) is 0 Å². The Kier molecular flexibility index (Phi) is 3.93. The molecule has 1 N–H and O–H groups in total. The van der Waals surface area contributed by atoms with Crippen LogP contribution >= 0.6 is 11.6 Å². The van der Waals surface area contributed by atoms with E-state index in [1.165, 1.54) is 0 Å². The van der Waals surface area contributed by atoms with Crippen molar-refractivity contribution in [1.29, 1.82) is 0 Å². The summed E-state index contributed by atoms with van der Waals surface area (Å²) >= 11 is 6.11. The fourth-order valence-electron chi connectivity index (χ4n) is 1.89. The van der Waals surface area contributed by atoms with E-state index in [4.69, 9.17) is 20.9 Å². The molecule has 1 aliphatic heterocycles. The molecule has 1 saturated heterocycles. The van der Waals surface area contributed by atoms with Gasteiger partial charge in [-0.3, -0.25) is 4.98 Å². The van der Waals surface area contributed by atoms with Crippen LogP contribution in [0.4, 0.5) is 0 Å². The molecule has 0 radical (unpaired) electrons. The van der Waals surface area contributed by atoms with Crippen LogP contribution < -0.4 is 10.9 Å². The Hall–Kier alpha value is -0.615. The number of nitrogens with zero attached hydrogens (tertiary/aromatic N) is 1. The summed E-state index contributed by atoms with van der Waals surface area (Å²) in [4.78, 5) is 4.53. The molecule has 0 aliphatic carbocycles. The average Bonchev–Trinajstić information content (AvgIpc) is 2.51. The van der Waals surface area contributed by atoms with Crippen molar-refractivity contribution in [1.82, 2.24) is 10.3 Å². The molecule has 104 valence electrons. The Balaban J connectivity index is 2.27. The highest BCUT2D eigenvalue weighted by Crippen LogP contribution is 2.36. The van der Waals surface area contributed by atoms with Crippen LogP contribution in [0.1, 0.15) is 33.4 Å². The molecule has 1 aromatic rings. The van der Waals surface area contributed by atoms with Gasteiger partial charge in [0.2, 0.25) is 0 Å². The summed E-state index contributed by atoms with van der Waals surface area (Å²) in [5.41, 5.74) is 0.842. The van der Waals surface area contributed by atoms with Crippen LogP contribution in [0.25, 0.3) is 0 Å². The molecule has 0 unspecified atom stereocenters. The van der Waals surface area contributed by atoms with Crippen molar-refractivity contribution < 1.29 is 9.31 Å². The van der Waals surface area contributed by atoms with E-state index in [9.17, 15) is 0 Å².